The first-order valence-electron chi connectivity index (χ1n) is 4.30. The molecule has 0 heterocycles. The van der Waals surface area contributed by atoms with Gasteiger partial charge in [-0.3, -0.25) is 0 Å². The number of halogens is 2. The molecule has 1 aromatic rings. The van der Waals surface area contributed by atoms with Crippen LogP contribution in [0.1, 0.15) is 17.3 Å². The molecule has 0 aliphatic carbocycles. The SMILES string of the molecule is CCOC(=O)c1cc(Br)cc(OC)c1Br. The van der Waals surface area contributed by atoms with E-state index in [-0.39, 0.29) is 5.97 Å². The zero-order valence-electron chi connectivity index (χ0n) is 8.34. The third kappa shape index (κ3) is 2.95. The summed E-state index contributed by atoms with van der Waals surface area (Å²) in [6.07, 6.45) is 0. The summed E-state index contributed by atoms with van der Waals surface area (Å²) in [5.41, 5.74) is 0.447. The highest BCUT2D eigenvalue weighted by molar-refractivity contribution is 9.11. The second-order valence-electron chi connectivity index (χ2n) is 2.69. The van der Waals surface area contributed by atoms with Gasteiger partial charge in [0, 0.05) is 4.47 Å². The highest BCUT2D eigenvalue weighted by Crippen LogP contribution is 2.32. The summed E-state index contributed by atoms with van der Waals surface area (Å²) in [5.74, 6) is 0.219. The van der Waals surface area contributed by atoms with Gasteiger partial charge in [0.1, 0.15) is 5.75 Å². The Labute approximate surface area is 105 Å². The van der Waals surface area contributed by atoms with Crippen LogP contribution in [-0.2, 0) is 4.74 Å². The second kappa shape index (κ2) is 5.51. The predicted octanol–water partition coefficient (Wildman–Crippen LogP) is 3.40. The van der Waals surface area contributed by atoms with Crippen molar-refractivity contribution in [2.45, 2.75) is 6.92 Å². The molecule has 0 fully saturated rings. The maximum atomic E-state index is 11.6. The molecule has 1 rings (SSSR count). The van der Waals surface area contributed by atoms with Gasteiger partial charge in [-0.1, -0.05) is 15.9 Å². The van der Waals surface area contributed by atoms with Gasteiger partial charge in [0.25, 0.3) is 0 Å². The summed E-state index contributed by atoms with van der Waals surface area (Å²) in [7, 11) is 1.54. The Hall–Kier alpha value is -0.550. The number of rotatable bonds is 3. The predicted molar refractivity (Wildman–Crippen MR) is 64.4 cm³/mol. The molecule has 0 bridgehead atoms. The standard InChI is InChI=1S/C10H10Br2O3/c1-3-15-10(13)7-4-6(11)5-8(14-2)9(7)12/h4-5H,3H2,1-2H3. The van der Waals surface area contributed by atoms with E-state index < -0.39 is 0 Å². The third-order valence-electron chi connectivity index (χ3n) is 1.72. The molecule has 0 saturated heterocycles. The molecule has 1 aromatic carbocycles. The fraction of sp³-hybridized carbons (Fsp3) is 0.300. The van der Waals surface area contributed by atoms with Gasteiger partial charge in [-0.15, -0.1) is 0 Å². The molecule has 0 saturated carbocycles. The average molecular weight is 338 g/mol. The number of esters is 1. The van der Waals surface area contributed by atoms with Gasteiger partial charge in [-0.05, 0) is 35.0 Å². The van der Waals surface area contributed by atoms with E-state index in [9.17, 15) is 4.79 Å². The first-order valence-corrected chi connectivity index (χ1v) is 5.89. The fourth-order valence-corrected chi connectivity index (χ4v) is 2.06. The smallest absolute Gasteiger partial charge is 0.339 e. The van der Waals surface area contributed by atoms with E-state index in [2.05, 4.69) is 31.9 Å². The molecule has 0 aliphatic heterocycles. The van der Waals surface area contributed by atoms with Gasteiger partial charge in [0.2, 0.25) is 0 Å². The zero-order valence-corrected chi connectivity index (χ0v) is 11.5. The summed E-state index contributed by atoms with van der Waals surface area (Å²) in [6, 6.07) is 3.46. The molecule has 0 N–H and O–H groups in total. The van der Waals surface area contributed by atoms with E-state index in [0.717, 1.165) is 4.47 Å². The minimum atomic E-state index is -0.371. The van der Waals surface area contributed by atoms with Crippen molar-refractivity contribution in [3.63, 3.8) is 0 Å². The zero-order chi connectivity index (χ0) is 11.4. The molecule has 0 atom stereocenters. The monoisotopic (exact) mass is 336 g/mol. The van der Waals surface area contributed by atoms with Crippen molar-refractivity contribution in [1.29, 1.82) is 0 Å². The van der Waals surface area contributed by atoms with E-state index in [1.54, 1.807) is 26.2 Å². The van der Waals surface area contributed by atoms with Crippen LogP contribution in [0.3, 0.4) is 0 Å². The molecule has 0 radical (unpaired) electrons. The molecular formula is C10H10Br2O3. The lowest BCUT2D eigenvalue weighted by molar-refractivity contribution is 0.0524. The van der Waals surface area contributed by atoms with Gasteiger partial charge in [-0.2, -0.15) is 0 Å². The minimum Gasteiger partial charge on any atom is -0.496 e. The van der Waals surface area contributed by atoms with Crippen LogP contribution in [0.5, 0.6) is 5.75 Å². The summed E-state index contributed by atoms with van der Waals surface area (Å²) < 4.78 is 11.4. The van der Waals surface area contributed by atoms with Gasteiger partial charge in [0.05, 0.1) is 23.8 Å². The molecule has 3 nitrogen and oxygen atoms in total. The third-order valence-corrected chi connectivity index (χ3v) is 3.00. The van der Waals surface area contributed by atoms with Crippen LogP contribution in [0.15, 0.2) is 21.1 Å². The van der Waals surface area contributed by atoms with Crippen LogP contribution in [0.25, 0.3) is 0 Å². The largest absolute Gasteiger partial charge is 0.496 e. The van der Waals surface area contributed by atoms with Crippen molar-refractivity contribution in [3.05, 3.63) is 26.6 Å². The maximum absolute atomic E-state index is 11.6. The lowest BCUT2D eigenvalue weighted by Gasteiger charge is -2.09. The number of benzene rings is 1. The highest BCUT2D eigenvalue weighted by atomic mass is 79.9. The minimum absolute atomic E-state index is 0.347. The lowest BCUT2D eigenvalue weighted by Crippen LogP contribution is -2.06. The summed E-state index contributed by atoms with van der Waals surface area (Å²) in [5, 5.41) is 0. The fourth-order valence-electron chi connectivity index (χ4n) is 1.07. The Morgan fingerprint density at radius 2 is 2.07 bits per heavy atom. The van der Waals surface area contributed by atoms with E-state index in [4.69, 9.17) is 9.47 Å². The second-order valence-corrected chi connectivity index (χ2v) is 4.40. The summed E-state index contributed by atoms with van der Waals surface area (Å²) in [4.78, 5) is 11.6. The summed E-state index contributed by atoms with van der Waals surface area (Å²) in [6.45, 7) is 2.11. The Morgan fingerprint density at radius 1 is 1.40 bits per heavy atom. The van der Waals surface area contributed by atoms with Gasteiger partial charge in [0.15, 0.2) is 0 Å². The molecule has 82 valence electrons. The normalized spacial score (nSPS) is 9.87. The van der Waals surface area contributed by atoms with Crippen molar-refractivity contribution < 1.29 is 14.3 Å². The van der Waals surface area contributed by atoms with Crippen molar-refractivity contribution in [2.24, 2.45) is 0 Å². The van der Waals surface area contributed by atoms with Crippen LogP contribution in [0, 0.1) is 0 Å². The number of methoxy groups -OCH3 is 1. The summed E-state index contributed by atoms with van der Waals surface area (Å²) >= 11 is 6.60. The highest BCUT2D eigenvalue weighted by Gasteiger charge is 2.15. The Kier molecular flexibility index (Phi) is 4.60. The topological polar surface area (TPSA) is 35.5 Å². The molecule has 0 amide bonds. The maximum Gasteiger partial charge on any atom is 0.339 e. The van der Waals surface area contributed by atoms with Crippen molar-refractivity contribution in [2.75, 3.05) is 13.7 Å². The molecule has 0 spiro atoms. The van der Waals surface area contributed by atoms with Crippen LogP contribution in [-0.4, -0.2) is 19.7 Å². The van der Waals surface area contributed by atoms with Gasteiger partial charge in [-0.25, -0.2) is 4.79 Å². The Balaban J connectivity index is 3.17. The van der Waals surface area contributed by atoms with Crippen molar-refractivity contribution >= 4 is 37.8 Å². The number of carbonyl (C=O) groups excluding carboxylic acids is 1. The molecule has 15 heavy (non-hydrogen) atoms. The lowest BCUT2D eigenvalue weighted by atomic mass is 10.2. The van der Waals surface area contributed by atoms with Crippen LogP contribution >= 0.6 is 31.9 Å². The quantitative estimate of drug-likeness (QED) is 0.793. The number of hydrogen-bond acceptors (Lipinski definition) is 3. The van der Waals surface area contributed by atoms with Crippen LogP contribution in [0.2, 0.25) is 0 Å². The number of hydrogen-bond donors (Lipinski definition) is 0. The van der Waals surface area contributed by atoms with Crippen LogP contribution in [0.4, 0.5) is 0 Å². The van der Waals surface area contributed by atoms with E-state index in [1.165, 1.54) is 0 Å². The first-order chi connectivity index (χ1) is 7.10. The van der Waals surface area contributed by atoms with Gasteiger partial charge < -0.3 is 9.47 Å². The molecule has 0 unspecified atom stereocenters. The molecule has 5 heteroatoms. The number of ether oxygens (including phenoxy) is 2. The Morgan fingerprint density at radius 3 is 2.60 bits per heavy atom. The van der Waals surface area contributed by atoms with Gasteiger partial charge >= 0.3 is 5.97 Å². The van der Waals surface area contributed by atoms with E-state index in [1.807, 2.05) is 0 Å². The Bertz CT molecular complexity index is 377. The van der Waals surface area contributed by atoms with Crippen molar-refractivity contribution in [1.82, 2.24) is 0 Å². The van der Waals surface area contributed by atoms with E-state index >= 15 is 0 Å². The molecule has 0 aliphatic rings. The molecule has 0 aromatic heterocycles. The first kappa shape index (κ1) is 12.5. The van der Waals surface area contributed by atoms with Crippen LogP contribution < -0.4 is 4.74 Å². The van der Waals surface area contributed by atoms with Crippen molar-refractivity contribution in [3.8, 4) is 5.75 Å². The number of carbonyl (C=O) groups is 1. The van der Waals surface area contributed by atoms with E-state index in [0.29, 0.717) is 22.4 Å². The average Bonchev–Trinajstić information content (AvgIpc) is 2.21. The molecular weight excluding hydrogens is 328 g/mol.